The van der Waals surface area contributed by atoms with Gasteiger partial charge in [0, 0.05) is 32.4 Å². The zero-order valence-corrected chi connectivity index (χ0v) is 16.4. The normalized spacial score (nSPS) is 14.4. The number of carbonyl (C=O) groups excluding carboxylic acids is 1. The molecule has 0 spiro atoms. The second-order valence-corrected chi connectivity index (χ2v) is 6.98. The Kier molecular flexibility index (Phi) is 7.48. The van der Waals surface area contributed by atoms with Gasteiger partial charge >= 0.3 is 12.1 Å². The summed E-state index contributed by atoms with van der Waals surface area (Å²) in [5.74, 6) is -1.10. The van der Waals surface area contributed by atoms with Gasteiger partial charge in [0.2, 0.25) is 5.79 Å². The maximum absolute atomic E-state index is 12.7. The second-order valence-electron chi connectivity index (χ2n) is 6.98. The van der Waals surface area contributed by atoms with E-state index in [0.29, 0.717) is 17.9 Å². The third kappa shape index (κ3) is 7.62. The first kappa shape index (κ1) is 23.0. The molecule has 0 aliphatic rings. The first-order chi connectivity index (χ1) is 12.3. The zero-order chi connectivity index (χ0) is 20.9. The number of esters is 1. The molecule has 0 bridgehead atoms. The minimum Gasteiger partial charge on any atom is -0.463 e. The molecule has 0 saturated heterocycles. The number of carbonyl (C=O) groups is 1. The number of ether oxygens (including phenoxy) is 3. The summed E-state index contributed by atoms with van der Waals surface area (Å²) >= 11 is 0. The molecule has 0 radical (unpaired) electrons. The van der Waals surface area contributed by atoms with Gasteiger partial charge in [-0.05, 0) is 44.9 Å². The molecule has 1 aromatic rings. The summed E-state index contributed by atoms with van der Waals surface area (Å²) in [4.78, 5) is 11.9. The number of alkyl halides is 3. The van der Waals surface area contributed by atoms with Gasteiger partial charge in [-0.1, -0.05) is 18.7 Å². The van der Waals surface area contributed by atoms with E-state index in [9.17, 15) is 18.0 Å². The Morgan fingerprint density at radius 2 is 1.63 bits per heavy atom. The second kappa shape index (κ2) is 8.78. The monoisotopic (exact) mass is 388 g/mol. The van der Waals surface area contributed by atoms with Crippen molar-refractivity contribution in [3.05, 3.63) is 42.0 Å². The van der Waals surface area contributed by atoms with Gasteiger partial charge in [-0.15, -0.1) is 0 Å². The topological polar surface area (TPSA) is 44.8 Å². The Balaban J connectivity index is 3.07. The quantitative estimate of drug-likeness (QED) is 0.318. The van der Waals surface area contributed by atoms with E-state index in [0.717, 1.165) is 0 Å². The number of rotatable bonds is 9. The average Bonchev–Trinajstić information content (AvgIpc) is 2.52. The van der Waals surface area contributed by atoms with E-state index in [2.05, 4.69) is 6.58 Å². The minimum atomic E-state index is -4.36. The van der Waals surface area contributed by atoms with Gasteiger partial charge in [-0.2, -0.15) is 13.2 Å². The maximum atomic E-state index is 12.7. The highest BCUT2D eigenvalue weighted by Gasteiger charge is 2.37. The molecule has 0 aliphatic carbocycles. The van der Waals surface area contributed by atoms with Crippen LogP contribution in [0.4, 0.5) is 13.2 Å². The molecule has 1 atom stereocenters. The van der Waals surface area contributed by atoms with Crippen molar-refractivity contribution in [3.63, 3.8) is 0 Å². The van der Waals surface area contributed by atoms with Crippen LogP contribution in [0.3, 0.4) is 0 Å². The number of hydrogen-bond acceptors (Lipinski definition) is 4. The zero-order valence-electron chi connectivity index (χ0n) is 16.4. The smallest absolute Gasteiger partial charge is 0.389 e. The number of benzene rings is 1. The van der Waals surface area contributed by atoms with Crippen molar-refractivity contribution >= 4 is 5.97 Å². The molecular formula is C20H27F3O4. The minimum absolute atomic E-state index is 0.117. The van der Waals surface area contributed by atoms with Crippen LogP contribution in [-0.2, 0) is 19.9 Å². The average molecular weight is 388 g/mol. The van der Waals surface area contributed by atoms with Crippen molar-refractivity contribution in [2.45, 2.75) is 65.0 Å². The molecule has 1 rings (SSSR count). The van der Waals surface area contributed by atoms with Gasteiger partial charge < -0.3 is 14.2 Å². The predicted octanol–water partition coefficient (Wildman–Crippen LogP) is 5.52. The van der Waals surface area contributed by atoms with E-state index >= 15 is 0 Å². The Morgan fingerprint density at radius 1 is 1.07 bits per heavy atom. The van der Waals surface area contributed by atoms with Gasteiger partial charge in [0.1, 0.15) is 11.4 Å². The lowest BCUT2D eigenvalue weighted by molar-refractivity contribution is -0.167. The summed E-state index contributed by atoms with van der Waals surface area (Å²) in [5, 5.41) is 0. The molecule has 4 nitrogen and oxygen atoms in total. The van der Waals surface area contributed by atoms with E-state index in [1.807, 2.05) is 6.92 Å². The van der Waals surface area contributed by atoms with Crippen LogP contribution < -0.4 is 4.74 Å². The van der Waals surface area contributed by atoms with E-state index in [4.69, 9.17) is 14.2 Å². The molecule has 1 aromatic carbocycles. The molecule has 0 heterocycles. The van der Waals surface area contributed by atoms with Crippen molar-refractivity contribution in [3.8, 4) is 5.75 Å². The first-order valence-electron chi connectivity index (χ1n) is 8.67. The summed E-state index contributed by atoms with van der Waals surface area (Å²) in [7, 11) is 0. The lowest BCUT2D eigenvalue weighted by Crippen LogP contribution is -2.32. The third-order valence-electron chi connectivity index (χ3n) is 3.87. The summed E-state index contributed by atoms with van der Waals surface area (Å²) in [6, 6.07) is 6.38. The molecule has 1 unspecified atom stereocenters. The van der Waals surface area contributed by atoms with Crippen LogP contribution in [-0.4, -0.2) is 24.5 Å². The molecule has 0 N–H and O–H groups in total. The largest absolute Gasteiger partial charge is 0.463 e. The fourth-order valence-electron chi connectivity index (χ4n) is 2.46. The molecule has 7 heteroatoms. The Bertz CT molecular complexity index is 650. The van der Waals surface area contributed by atoms with E-state index < -0.39 is 36.4 Å². The molecule has 152 valence electrons. The molecular weight excluding hydrogens is 361 g/mol. The fraction of sp³-hybridized carbons (Fsp3) is 0.550. The van der Waals surface area contributed by atoms with Gasteiger partial charge in [-0.3, -0.25) is 0 Å². The summed E-state index contributed by atoms with van der Waals surface area (Å²) in [6.45, 7) is 12.2. The van der Waals surface area contributed by atoms with Gasteiger partial charge in [0.15, 0.2) is 0 Å². The van der Waals surface area contributed by atoms with Gasteiger partial charge in [0.25, 0.3) is 0 Å². The summed E-state index contributed by atoms with van der Waals surface area (Å²) < 4.78 is 54.7. The summed E-state index contributed by atoms with van der Waals surface area (Å²) in [5.41, 5.74) is -0.894. The van der Waals surface area contributed by atoms with Crippen LogP contribution in [0.15, 0.2) is 36.4 Å². The summed E-state index contributed by atoms with van der Waals surface area (Å²) in [6.07, 6.45) is -5.84. The van der Waals surface area contributed by atoms with Crippen molar-refractivity contribution < 1.29 is 32.2 Å². The highest BCUT2D eigenvalue weighted by molar-refractivity contribution is 5.87. The Hall–Kier alpha value is -2.02. The van der Waals surface area contributed by atoms with Crippen molar-refractivity contribution in [1.29, 1.82) is 0 Å². The number of hydrogen-bond donors (Lipinski definition) is 0. The first-order valence-corrected chi connectivity index (χ1v) is 8.67. The standard InChI is InChI=1S/C20H27F3O4/c1-7-25-18(4,5)26-16-10-8-15(9-11-16)19(6,12-13-20(21,22)23)27-17(24)14(2)3/h8-11H,2,7,12-13H2,1,3-6H3. The van der Waals surface area contributed by atoms with Gasteiger partial charge in [-0.25, -0.2) is 4.79 Å². The number of halogens is 3. The van der Waals surface area contributed by atoms with Crippen LogP contribution in [0, 0.1) is 0 Å². The molecule has 0 aromatic heterocycles. The van der Waals surface area contributed by atoms with E-state index in [1.165, 1.54) is 13.8 Å². The molecule has 0 amide bonds. The van der Waals surface area contributed by atoms with Crippen LogP contribution in [0.5, 0.6) is 5.75 Å². The SMILES string of the molecule is C=C(C)C(=O)OC(C)(CCC(F)(F)F)c1ccc(OC(C)(C)OCC)cc1. The molecule has 0 saturated carbocycles. The van der Waals surface area contributed by atoms with E-state index in [-0.39, 0.29) is 5.57 Å². The van der Waals surface area contributed by atoms with E-state index in [1.54, 1.807) is 38.1 Å². The highest BCUT2D eigenvalue weighted by atomic mass is 19.4. The predicted molar refractivity (Wildman–Crippen MR) is 96.3 cm³/mol. The van der Waals surface area contributed by atoms with Crippen LogP contribution in [0.1, 0.15) is 53.0 Å². The van der Waals surface area contributed by atoms with Crippen LogP contribution >= 0.6 is 0 Å². The maximum Gasteiger partial charge on any atom is 0.389 e. The van der Waals surface area contributed by atoms with Crippen molar-refractivity contribution in [2.75, 3.05) is 6.61 Å². The van der Waals surface area contributed by atoms with Crippen LogP contribution in [0.2, 0.25) is 0 Å². The van der Waals surface area contributed by atoms with Gasteiger partial charge in [0.05, 0.1) is 0 Å². The van der Waals surface area contributed by atoms with Crippen molar-refractivity contribution in [2.24, 2.45) is 0 Å². The van der Waals surface area contributed by atoms with Crippen LogP contribution in [0.25, 0.3) is 0 Å². The lowest BCUT2D eigenvalue weighted by atomic mass is 9.90. The fourth-order valence-corrected chi connectivity index (χ4v) is 2.46. The Labute approximate surface area is 158 Å². The Morgan fingerprint density at radius 3 is 2.07 bits per heavy atom. The molecule has 27 heavy (non-hydrogen) atoms. The molecule has 0 aliphatic heterocycles. The highest BCUT2D eigenvalue weighted by Crippen LogP contribution is 2.36. The third-order valence-corrected chi connectivity index (χ3v) is 3.87. The molecule has 0 fully saturated rings. The lowest BCUT2D eigenvalue weighted by Gasteiger charge is -2.31. The van der Waals surface area contributed by atoms with Crippen molar-refractivity contribution in [1.82, 2.24) is 0 Å².